The lowest BCUT2D eigenvalue weighted by molar-refractivity contribution is 0.299. The first-order chi connectivity index (χ1) is 9.22. The van der Waals surface area contributed by atoms with E-state index in [2.05, 4.69) is 5.32 Å². The number of hydrogen-bond acceptors (Lipinski definition) is 4. The Morgan fingerprint density at radius 3 is 2.74 bits per heavy atom. The van der Waals surface area contributed by atoms with Crippen LogP contribution in [-0.2, 0) is 0 Å². The predicted molar refractivity (Wildman–Crippen MR) is 72.9 cm³/mol. The molecule has 1 aliphatic heterocycles. The Kier molecular flexibility index (Phi) is 2.91. The van der Waals surface area contributed by atoms with E-state index in [4.69, 9.17) is 4.74 Å². The quantitative estimate of drug-likeness (QED) is 0.687. The molecular formula is C15H15NO3. The minimum Gasteiger partial charge on any atom is -0.508 e. The number of phenols is 2. The highest BCUT2D eigenvalue weighted by Gasteiger charge is 2.18. The number of benzene rings is 2. The number of rotatable bonds is 1. The van der Waals surface area contributed by atoms with Crippen LogP contribution in [0.5, 0.6) is 17.2 Å². The monoisotopic (exact) mass is 257 g/mol. The SMILES string of the molecule is Oc1cccc(C2CNc3ccc(O)cc3OC2)c1. The van der Waals surface area contributed by atoms with E-state index in [-0.39, 0.29) is 17.4 Å². The van der Waals surface area contributed by atoms with Crippen molar-refractivity contribution in [3.63, 3.8) is 0 Å². The average Bonchev–Trinajstić information content (AvgIpc) is 2.61. The minimum atomic E-state index is 0.154. The zero-order chi connectivity index (χ0) is 13.2. The Morgan fingerprint density at radius 2 is 1.89 bits per heavy atom. The number of hydrogen-bond donors (Lipinski definition) is 3. The van der Waals surface area contributed by atoms with E-state index in [9.17, 15) is 10.2 Å². The van der Waals surface area contributed by atoms with E-state index in [0.717, 1.165) is 17.8 Å². The van der Waals surface area contributed by atoms with Gasteiger partial charge in [-0.25, -0.2) is 0 Å². The summed E-state index contributed by atoms with van der Waals surface area (Å²) in [5.41, 5.74) is 1.91. The molecule has 1 unspecified atom stereocenters. The second-order valence-electron chi connectivity index (χ2n) is 4.66. The number of phenolic OH excluding ortho intramolecular Hbond substituents is 2. The molecule has 0 amide bonds. The van der Waals surface area contributed by atoms with Crippen molar-refractivity contribution in [3.05, 3.63) is 48.0 Å². The molecule has 1 heterocycles. The number of aromatic hydroxyl groups is 2. The fraction of sp³-hybridized carbons (Fsp3) is 0.200. The van der Waals surface area contributed by atoms with Crippen LogP contribution in [0.1, 0.15) is 11.5 Å². The van der Waals surface area contributed by atoms with Gasteiger partial charge in [0.05, 0.1) is 12.3 Å². The molecule has 0 saturated heterocycles. The Balaban J connectivity index is 1.83. The van der Waals surface area contributed by atoms with Crippen LogP contribution in [0.2, 0.25) is 0 Å². The van der Waals surface area contributed by atoms with E-state index in [1.165, 1.54) is 0 Å². The number of ether oxygens (including phenoxy) is 1. The maximum atomic E-state index is 9.53. The summed E-state index contributed by atoms with van der Waals surface area (Å²) in [5.74, 6) is 1.26. The van der Waals surface area contributed by atoms with Crippen molar-refractivity contribution in [1.82, 2.24) is 0 Å². The maximum absolute atomic E-state index is 9.53. The topological polar surface area (TPSA) is 61.7 Å². The number of nitrogens with one attached hydrogen (secondary N) is 1. The van der Waals surface area contributed by atoms with E-state index in [1.807, 2.05) is 12.1 Å². The molecule has 1 atom stereocenters. The summed E-state index contributed by atoms with van der Waals surface area (Å²) in [6, 6.07) is 12.2. The van der Waals surface area contributed by atoms with Gasteiger partial charge in [0.1, 0.15) is 17.2 Å². The van der Waals surface area contributed by atoms with E-state index < -0.39 is 0 Å². The van der Waals surface area contributed by atoms with Crippen LogP contribution in [0.3, 0.4) is 0 Å². The van der Waals surface area contributed by atoms with Gasteiger partial charge in [-0.15, -0.1) is 0 Å². The molecular weight excluding hydrogens is 242 g/mol. The lowest BCUT2D eigenvalue weighted by Gasteiger charge is -2.14. The molecule has 0 radical (unpaired) electrons. The third-order valence-electron chi connectivity index (χ3n) is 3.29. The molecule has 3 N–H and O–H groups in total. The summed E-state index contributed by atoms with van der Waals surface area (Å²) in [7, 11) is 0. The fourth-order valence-corrected chi connectivity index (χ4v) is 2.25. The highest BCUT2D eigenvalue weighted by molar-refractivity contribution is 5.59. The van der Waals surface area contributed by atoms with Crippen LogP contribution >= 0.6 is 0 Å². The van der Waals surface area contributed by atoms with Crippen molar-refractivity contribution in [1.29, 1.82) is 0 Å². The van der Waals surface area contributed by atoms with Crippen LogP contribution in [0.4, 0.5) is 5.69 Å². The molecule has 4 heteroatoms. The first kappa shape index (κ1) is 11.7. The minimum absolute atomic E-state index is 0.154. The van der Waals surface area contributed by atoms with Crippen LogP contribution in [0, 0.1) is 0 Å². The van der Waals surface area contributed by atoms with Crippen molar-refractivity contribution in [2.24, 2.45) is 0 Å². The summed E-state index contributed by atoms with van der Waals surface area (Å²) >= 11 is 0. The summed E-state index contributed by atoms with van der Waals surface area (Å²) in [6.07, 6.45) is 0. The van der Waals surface area contributed by atoms with Gasteiger partial charge in [-0.1, -0.05) is 12.1 Å². The van der Waals surface area contributed by atoms with Gasteiger partial charge in [-0.3, -0.25) is 0 Å². The van der Waals surface area contributed by atoms with Gasteiger partial charge in [-0.05, 0) is 29.8 Å². The number of fused-ring (bicyclic) bond motifs is 1. The van der Waals surface area contributed by atoms with Gasteiger partial charge in [-0.2, -0.15) is 0 Å². The molecule has 0 bridgehead atoms. The highest BCUT2D eigenvalue weighted by Crippen LogP contribution is 2.33. The molecule has 98 valence electrons. The molecule has 2 aromatic rings. The molecule has 0 fully saturated rings. The Labute approximate surface area is 111 Å². The first-order valence-corrected chi connectivity index (χ1v) is 6.21. The normalized spacial score (nSPS) is 17.8. The molecule has 0 aromatic heterocycles. The van der Waals surface area contributed by atoms with Gasteiger partial charge in [0.25, 0.3) is 0 Å². The zero-order valence-electron chi connectivity index (χ0n) is 10.3. The predicted octanol–water partition coefficient (Wildman–Crippen LogP) is 2.69. The smallest absolute Gasteiger partial charge is 0.146 e. The van der Waals surface area contributed by atoms with Gasteiger partial charge in [0.2, 0.25) is 0 Å². The maximum Gasteiger partial charge on any atom is 0.146 e. The van der Waals surface area contributed by atoms with Crippen molar-refractivity contribution in [2.45, 2.75) is 5.92 Å². The molecule has 0 aliphatic carbocycles. The van der Waals surface area contributed by atoms with Crippen molar-refractivity contribution < 1.29 is 14.9 Å². The molecule has 19 heavy (non-hydrogen) atoms. The lowest BCUT2D eigenvalue weighted by atomic mass is 10.00. The summed E-state index contributed by atoms with van der Waals surface area (Å²) in [6.45, 7) is 1.23. The standard InChI is InChI=1S/C15H15NO3/c17-12-3-1-2-10(6-12)11-8-16-14-5-4-13(18)7-15(14)19-9-11/h1-7,11,16-18H,8-9H2. The Bertz CT molecular complexity index is 598. The van der Waals surface area contributed by atoms with Crippen LogP contribution in [0.25, 0.3) is 0 Å². The molecule has 2 aromatic carbocycles. The average molecular weight is 257 g/mol. The molecule has 4 nitrogen and oxygen atoms in total. The van der Waals surface area contributed by atoms with Crippen molar-refractivity contribution >= 4 is 5.69 Å². The Morgan fingerprint density at radius 1 is 1.05 bits per heavy atom. The second kappa shape index (κ2) is 4.72. The van der Waals surface area contributed by atoms with Gasteiger partial charge < -0.3 is 20.3 Å². The van der Waals surface area contributed by atoms with Crippen LogP contribution in [0.15, 0.2) is 42.5 Å². The first-order valence-electron chi connectivity index (χ1n) is 6.21. The molecule has 0 spiro atoms. The van der Waals surface area contributed by atoms with Gasteiger partial charge >= 0.3 is 0 Å². The number of anilines is 1. The third kappa shape index (κ3) is 2.42. The molecule has 3 rings (SSSR count). The Hall–Kier alpha value is -2.36. The van der Waals surface area contributed by atoms with Gasteiger partial charge in [0.15, 0.2) is 0 Å². The van der Waals surface area contributed by atoms with E-state index in [0.29, 0.717) is 12.4 Å². The molecule has 1 aliphatic rings. The summed E-state index contributed by atoms with van der Waals surface area (Å²) < 4.78 is 5.73. The second-order valence-corrected chi connectivity index (χ2v) is 4.66. The largest absolute Gasteiger partial charge is 0.508 e. The van der Waals surface area contributed by atoms with Crippen LogP contribution < -0.4 is 10.1 Å². The van der Waals surface area contributed by atoms with E-state index >= 15 is 0 Å². The van der Waals surface area contributed by atoms with E-state index in [1.54, 1.807) is 30.3 Å². The van der Waals surface area contributed by atoms with Crippen LogP contribution in [-0.4, -0.2) is 23.4 Å². The fourth-order valence-electron chi connectivity index (χ4n) is 2.25. The molecule has 0 saturated carbocycles. The third-order valence-corrected chi connectivity index (χ3v) is 3.29. The zero-order valence-corrected chi connectivity index (χ0v) is 10.3. The highest BCUT2D eigenvalue weighted by atomic mass is 16.5. The summed E-state index contributed by atoms with van der Waals surface area (Å²) in [5, 5.41) is 22.3. The van der Waals surface area contributed by atoms with Gasteiger partial charge in [0, 0.05) is 18.5 Å². The lowest BCUT2D eigenvalue weighted by Crippen LogP contribution is -2.15. The van der Waals surface area contributed by atoms with Crippen molar-refractivity contribution in [2.75, 3.05) is 18.5 Å². The van der Waals surface area contributed by atoms with Crippen molar-refractivity contribution in [3.8, 4) is 17.2 Å². The summed E-state index contributed by atoms with van der Waals surface area (Å²) in [4.78, 5) is 0.